The number of anilines is 1. The Bertz CT molecular complexity index is 438. The minimum absolute atomic E-state index is 0.0979. The number of nitrogens with zero attached hydrogens (tertiary/aromatic N) is 4. The molecule has 1 fully saturated rings. The quantitative estimate of drug-likeness (QED) is 0.765. The molecule has 18 heavy (non-hydrogen) atoms. The van der Waals surface area contributed by atoms with Gasteiger partial charge in [0.1, 0.15) is 6.33 Å². The molecule has 100 valence electrons. The van der Waals surface area contributed by atoms with Crippen LogP contribution in [0.1, 0.15) is 13.8 Å². The van der Waals surface area contributed by atoms with Crippen molar-refractivity contribution in [1.29, 1.82) is 0 Å². The lowest BCUT2D eigenvalue weighted by molar-refractivity contribution is 0.138. The predicted molar refractivity (Wildman–Crippen MR) is 72.5 cm³/mol. The van der Waals surface area contributed by atoms with Gasteiger partial charge < -0.3 is 9.64 Å². The van der Waals surface area contributed by atoms with Crippen molar-refractivity contribution in [2.75, 3.05) is 38.7 Å². The number of piperazine rings is 1. The SMILES string of the molecule is COc1c(Cl)ncnc1N1CCN(C)C(C)(C)C1. The van der Waals surface area contributed by atoms with Crippen molar-refractivity contribution in [2.24, 2.45) is 0 Å². The molecule has 0 N–H and O–H groups in total. The zero-order valence-electron chi connectivity index (χ0n) is 11.3. The summed E-state index contributed by atoms with van der Waals surface area (Å²) in [7, 11) is 3.73. The van der Waals surface area contributed by atoms with Crippen LogP contribution >= 0.6 is 11.6 Å². The van der Waals surface area contributed by atoms with Crippen molar-refractivity contribution >= 4 is 17.4 Å². The summed E-state index contributed by atoms with van der Waals surface area (Å²) in [4.78, 5) is 12.8. The summed E-state index contributed by atoms with van der Waals surface area (Å²) < 4.78 is 5.31. The molecule has 0 saturated carbocycles. The van der Waals surface area contributed by atoms with E-state index in [4.69, 9.17) is 16.3 Å². The van der Waals surface area contributed by atoms with Gasteiger partial charge in [0.25, 0.3) is 0 Å². The van der Waals surface area contributed by atoms with E-state index < -0.39 is 0 Å². The van der Waals surface area contributed by atoms with Gasteiger partial charge in [0.15, 0.2) is 16.7 Å². The van der Waals surface area contributed by atoms with Crippen LogP contribution in [0.3, 0.4) is 0 Å². The highest BCUT2D eigenvalue weighted by Crippen LogP contribution is 2.33. The van der Waals surface area contributed by atoms with Gasteiger partial charge in [-0.25, -0.2) is 9.97 Å². The van der Waals surface area contributed by atoms with E-state index in [0.717, 1.165) is 25.5 Å². The Morgan fingerprint density at radius 3 is 2.67 bits per heavy atom. The highest BCUT2D eigenvalue weighted by molar-refractivity contribution is 6.31. The second kappa shape index (κ2) is 4.90. The molecule has 1 aromatic rings. The van der Waals surface area contributed by atoms with Gasteiger partial charge in [0.05, 0.1) is 7.11 Å². The number of methoxy groups -OCH3 is 1. The Balaban J connectivity index is 2.30. The second-order valence-electron chi connectivity index (χ2n) is 5.18. The molecule has 0 bridgehead atoms. The number of ether oxygens (including phenoxy) is 1. The Morgan fingerprint density at radius 1 is 1.33 bits per heavy atom. The number of likely N-dealkylation sites (N-methyl/N-ethyl adjacent to an activating group) is 1. The number of aromatic nitrogens is 2. The largest absolute Gasteiger partial charge is 0.490 e. The predicted octanol–water partition coefficient (Wildman–Crippen LogP) is 1.67. The molecule has 2 heterocycles. The maximum Gasteiger partial charge on any atom is 0.199 e. The van der Waals surface area contributed by atoms with Gasteiger partial charge in [-0.3, -0.25) is 4.90 Å². The molecule has 1 aromatic heterocycles. The fourth-order valence-corrected chi connectivity index (χ4v) is 2.37. The third kappa shape index (κ3) is 2.37. The highest BCUT2D eigenvalue weighted by atomic mass is 35.5. The third-order valence-corrected chi connectivity index (χ3v) is 3.83. The molecular weight excluding hydrogens is 252 g/mol. The molecule has 1 aliphatic heterocycles. The van der Waals surface area contributed by atoms with Crippen molar-refractivity contribution in [2.45, 2.75) is 19.4 Å². The number of hydrogen-bond donors (Lipinski definition) is 0. The van der Waals surface area contributed by atoms with Crippen LogP contribution in [0.4, 0.5) is 5.82 Å². The van der Waals surface area contributed by atoms with Crippen molar-refractivity contribution < 1.29 is 4.74 Å². The average molecular weight is 271 g/mol. The number of hydrogen-bond acceptors (Lipinski definition) is 5. The summed E-state index contributed by atoms with van der Waals surface area (Å²) in [5, 5.41) is 0.360. The van der Waals surface area contributed by atoms with Crippen LogP contribution in [0.5, 0.6) is 5.75 Å². The molecule has 0 radical (unpaired) electrons. The Hall–Kier alpha value is -1.07. The van der Waals surface area contributed by atoms with Crippen LogP contribution in [0, 0.1) is 0 Å². The van der Waals surface area contributed by atoms with Gasteiger partial charge in [0.2, 0.25) is 0 Å². The van der Waals surface area contributed by atoms with Crippen LogP contribution in [0.15, 0.2) is 6.33 Å². The van der Waals surface area contributed by atoms with Gasteiger partial charge in [-0.2, -0.15) is 0 Å². The van der Waals surface area contributed by atoms with E-state index in [9.17, 15) is 0 Å². The lowest BCUT2D eigenvalue weighted by Crippen LogP contribution is -2.58. The number of rotatable bonds is 2. The topological polar surface area (TPSA) is 41.5 Å². The summed E-state index contributed by atoms with van der Waals surface area (Å²) in [6.45, 7) is 7.21. The molecule has 1 saturated heterocycles. The average Bonchev–Trinajstić information content (AvgIpc) is 2.32. The monoisotopic (exact) mass is 270 g/mol. The molecule has 5 nitrogen and oxygen atoms in total. The first kappa shape index (κ1) is 13.4. The van der Waals surface area contributed by atoms with Gasteiger partial charge in [-0.05, 0) is 20.9 Å². The van der Waals surface area contributed by atoms with Crippen LogP contribution in [-0.2, 0) is 0 Å². The first-order valence-corrected chi connectivity index (χ1v) is 6.34. The van der Waals surface area contributed by atoms with E-state index in [0.29, 0.717) is 10.9 Å². The summed E-state index contributed by atoms with van der Waals surface area (Å²) in [6, 6.07) is 0. The lowest BCUT2D eigenvalue weighted by atomic mass is 10.00. The third-order valence-electron chi connectivity index (χ3n) is 3.56. The molecular formula is C12H19ClN4O. The molecule has 0 aromatic carbocycles. The van der Waals surface area contributed by atoms with Crippen LogP contribution in [0.25, 0.3) is 0 Å². The van der Waals surface area contributed by atoms with E-state index in [1.807, 2.05) is 0 Å². The molecule has 0 aliphatic carbocycles. The maximum absolute atomic E-state index is 6.04. The first-order chi connectivity index (χ1) is 8.45. The van der Waals surface area contributed by atoms with Crippen molar-refractivity contribution in [1.82, 2.24) is 14.9 Å². The first-order valence-electron chi connectivity index (χ1n) is 5.96. The Labute approximate surface area is 113 Å². The van der Waals surface area contributed by atoms with Crippen LogP contribution < -0.4 is 9.64 Å². The summed E-state index contributed by atoms with van der Waals surface area (Å²) in [5.41, 5.74) is 0.0979. The Morgan fingerprint density at radius 2 is 2.06 bits per heavy atom. The van der Waals surface area contributed by atoms with Gasteiger partial charge in [-0.1, -0.05) is 11.6 Å². The molecule has 0 atom stereocenters. The standard InChI is InChI=1S/C12H19ClN4O/c1-12(2)7-17(6-5-16(12)3)11-9(18-4)10(13)14-8-15-11/h8H,5-7H2,1-4H3. The van der Waals surface area contributed by atoms with Crippen molar-refractivity contribution in [3.63, 3.8) is 0 Å². The summed E-state index contributed by atoms with van der Waals surface area (Å²) in [5.74, 6) is 1.33. The van der Waals surface area contributed by atoms with Crippen LogP contribution in [0.2, 0.25) is 5.15 Å². The van der Waals surface area contributed by atoms with Gasteiger partial charge in [0, 0.05) is 25.2 Å². The van der Waals surface area contributed by atoms with Crippen molar-refractivity contribution in [3.8, 4) is 5.75 Å². The fraction of sp³-hybridized carbons (Fsp3) is 0.667. The molecule has 1 aliphatic rings. The minimum Gasteiger partial charge on any atom is -0.490 e. The van der Waals surface area contributed by atoms with E-state index in [1.165, 1.54) is 6.33 Å². The fourth-order valence-electron chi connectivity index (χ4n) is 2.17. The minimum atomic E-state index is 0.0979. The van der Waals surface area contributed by atoms with E-state index in [-0.39, 0.29) is 5.54 Å². The normalized spacial score (nSPS) is 19.9. The van der Waals surface area contributed by atoms with Gasteiger partial charge >= 0.3 is 0 Å². The summed E-state index contributed by atoms with van der Waals surface area (Å²) >= 11 is 6.04. The zero-order valence-corrected chi connectivity index (χ0v) is 12.0. The van der Waals surface area contributed by atoms with Gasteiger partial charge in [-0.15, -0.1) is 0 Å². The van der Waals surface area contributed by atoms with Crippen molar-refractivity contribution in [3.05, 3.63) is 11.5 Å². The lowest BCUT2D eigenvalue weighted by Gasteiger charge is -2.45. The van der Waals surface area contributed by atoms with Crippen LogP contribution in [-0.4, -0.2) is 54.2 Å². The molecule has 2 rings (SSSR count). The molecule has 0 spiro atoms. The highest BCUT2D eigenvalue weighted by Gasteiger charge is 2.33. The van der Waals surface area contributed by atoms with E-state index >= 15 is 0 Å². The molecule has 0 amide bonds. The number of halogens is 1. The second-order valence-corrected chi connectivity index (χ2v) is 5.53. The molecule has 6 heteroatoms. The zero-order chi connectivity index (χ0) is 13.3. The maximum atomic E-state index is 6.04. The molecule has 0 unspecified atom stereocenters. The van der Waals surface area contributed by atoms with E-state index in [1.54, 1.807) is 7.11 Å². The summed E-state index contributed by atoms with van der Waals surface area (Å²) in [6.07, 6.45) is 1.48. The smallest absolute Gasteiger partial charge is 0.199 e. The van der Waals surface area contributed by atoms with E-state index in [2.05, 4.69) is 40.7 Å². The Kier molecular flexibility index (Phi) is 3.64.